The number of methoxy groups -OCH3 is 1. The maximum atomic E-state index is 5.98. The van der Waals surface area contributed by atoms with Crippen LogP contribution in [-0.4, -0.2) is 19.6 Å². The van der Waals surface area contributed by atoms with Crippen LogP contribution >= 0.6 is 0 Å². The van der Waals surface area contributed by atoms with Crippen LogP contribution in [0.2, 0.25) is 0 Å². The molecule has 0 aliphatic carbocycles. The molecule has 0 heterocycles. The molecular formula is C19H25N3O. The van der Waals surface area contributed by atoms with E-state index < -0.39 is 0 Å². The number of aliphatic imine (C=N–C) groups is 1. The number of hydrogen-bond acceptors (Lipinski definition) is 2. The molecule has 0 amide bonds. The van der Waals surface area contributed by atoms with E-state index in [-0.39, 0.29) is 5.41 Å². The zero-order valence-electron chi connectivity index (χ0n) is 14.0. The van der Waals surface area contributed by atoms with Crippen LogP contribution in [0.15, 0.2) is 59.6 Å². The van der Waals surface area contributed by atoms with Gasteiger partial charge in [-0.3, -0.25) is 4.99 Å². The second-order valence-corrected chi connectivity index (χ2v) is 6.38. The number of nitrogens with one attached hydrogen (secondary N) is 1. The van der Waals surface area contributed by atoms with Gasteiger partial charge in [0.25, 0.3) is 0 Å². The minimum absolute atomic E-state index is 0.0492. The van der Waals surface area contributed by atoms with E-state index in [0.29, 0.717) is 12.5 Å². The number of nitrogens with zero attached hydrogens (tertiary/aromatic N) is 1. The van der Waals surface area contributed by atoms with Gasteiger partial charge in [0.1, 0.15) is 5.75 Å². The van der Waals surface area contributed by atoms with Gasteiger partial charge in [-0.2, -0.15) is 0 Å². The Bertz CT molecular complexity index is 633. The zero-order valence-corrected chi connectivity index (χ0v) is 14.0. The number of guanidine groups is 1. The highest BCUT2D eigenvalue weighted by Crippen LogP contribution is 2.22. The molecule has 0 radical (unpaired) electrons. The predicted molar refractivity (Wildman–Crippen MR) is 97.0 cm³/mol. The average molecular weight is 311 g/mol. The molecule has 3 N–H and O–H groups in total. The van der Waals surface area contributed by atoms with E-state index in [1.54, 1.807) is 7.11 Å². The lowest BCUT2D eigenvalue weighted by Crippen LogP contribution is -2.26. The third kappa shape index (κ3) is 5.66. The number of benzene rings is 2. The standard InChI is InChI=1S/C19H25N3O/c1-19(2,13-15-7-5-4-6-8-15)14-21-18(20)22-16-9-11-17(23-3)12-10-16/h4-12H,13-14H2,1-3H3,(H3,20,21,22). The van der Waals surface area contributed by atoms with Crippen LogP contribution in [0.25, 0.3) is 0 Å². The van der Waals surface area contributed by atoms with E-state index in [9.17, 15) is 0 Å². The maximum absolute atomic E-state index is 5.98. The summed E-state index contributed by atoms with van der Waals surface area (Å²) < 4.78 is 5.13. The molecule has 2 aromatic rings. The molecule has 0 bridgehead atoms. The van der Waals surface area contributed by atoms with Crippen molar-refractivity contribution in [3.05, 3.63) is 60.2 Å². The van der Waals surface area contributed by atoms with Gasteiger partial charge in [-0.1, -0.05) is 44.2 Å². The van der Waals surface area contributed by atoms with Crippen molar-refractivity contribution in [2.45, 2.75) is 20.3 Å². The van der Waals surface area contributed by atoms with Crippen molar-refractivity contribution in [2.75, 3.05) is 19.0 Å². The Labute approximate surface area is 138 Å². The predicted octanol–water partition coefficient (Wildman–Crippen LogP) is 3.69. The van der Waals surface area contributed by atoms with E-state index in [0.717, 1.165) is 17.9 Å². The van der Waals surface area contributed by atoms with Crippen LogP contribution < -0.4 is 15.8 Å². The van der Waals surface area contributed by atoms with Gasteiger partial charge in [0, 0.05) is 12.2 Å². The Kier molecular flexibility index (Phi) is 5.63. The van der Waals surface area contributed by atoms with Crippen LogP contribution in [0.3, 0.4) is 0 Å². The smallest absolute Gasteiger partial charge is 0.193 e. The normalized spacial score (nSPS) is 12.0. The summed E-state index contributed by atoms with van der Waals surface area (Å²) in [6.45, 7) is 5.06. The van der Waals surface area contributed by atoms with E-state index >= 15 is 0 Å². The topological polar surface area (TPSA) is 59.6 Å². The monoisotopic (exact) mass is 311 g/mol. The molecule has 0 aliphatic rings. The average Bonchev–Trinajstić information content (AvgIpc) is 2.54. The van der Waals surface area contributed by atoms with Gasteiger partial charge in [0.05, 0.1) is 7.11 Å². The molecule has 0 fully saturated rings. The minimum Gasteiger partial charge on any atom is -0.497 e. The molecule has 2 aromatic carbocycles. The van der Waals surface area contributed by atoms with Crippen LogP contribution in [0, 0.1) is 5.41 Å². The van der Waals surface area contributed by atoms with Crippen LogP contribution in [0.1, 0.15) is 19.4 Å². The van der Waals surface area contributed by atoms with Crippen molar-refractivity contribution in [3.8, 4) is 5.75 Å². The van der Waals surface area contributed by atoms with E-state index in [4.69, 9.17) is 10.5 Å². The number of anilines is 1. The summed E-state index contributed by atoms with van der Waals surface area (Å²) in [6, 6.07) is 18.0. The molecule has 0 unspecified atom stereocenters. The van der Waals surface area contributed by atoms with Gasteiger partial charge in [0.2, 0.25) is 0 Å². The van der Waals surface area contributed by atoms with Gasteiger partial charge < -0.3 is 15.8 Å². The molecular weight excluding hydrogens is 286 g/mol. The van der Waals surface area contributed by atoms with Crippen LogP contribution in [0.5, 0.6) is 5.75 Å². The molecule has 2 rings (SSSR count). The molecule has 0 saturated carbocycles. The summed E-state index contributed by atoms with van der Waals surface area (Å²) in [6.07, 6.45) is 0.965. The van der Waals surface area contributed by atoms with Crippen molar-refractivity contribution in [1.82, 2.24) is 0 Å². The van der Waals surface area contributed by atoms with E-state index in [1.165, 1.54) is 5.56 Å². The van der Waals surface area contributed by atoms with Crippen molar-refractivity contribution in [3.63, 3.8) is 0 Å². The highest BCUT2D eigenvalue weighted by Gasteiger charge is 2.18. The highest BCUT2D eigenvalue weighted by atomic mass is 16.5. The van der Waals surface area contributed by atoms with Crippen molar-refractivity contribution >= 4 is 11.6 Å². The Morgan fingerprint density at radius 1 is 1.09 bits per heavy atom. The molecule has 4 heteroatoms. The molecule has 122 valence electrons. The summed E-state index contributed by atoms with van der Waals surface area (Å²) in [4.78, 5) is 4.48. The number of nitrogens with two attached hydrogens (primary N) is 1. The first kappa shape index (κ1) is 16.9. The lowest BCUT2D eigenvalue weighted by Gasteiger charge is -2.22. The first-order valence-electron chi connectivity index (χ1n) is 7.73. The Hall–Kier alpha value is -2.49. The third-order valence-corrected chi connectivity index (χ3v) is 3.57. The van der Waals surface area contributed by atoms with E-state index in [1.807, 2.05) is 30.3 Å². The van der Waals surface area contributed by atoms with Crippen molar-refractivity contribution < 1.29 is 4.74 Å². The Balaban J connectivity index is 1.92. The van der Waals surface area contributed by atoms with Crippen molar-refractivity contribution in [2.24, 2.45) is 16.1 Å². The first-order valence-corrected chi connectivity index (χ1v) is 7.73. The van der Waals surface area contributed by atoms with E-state index in [2.05, 4.69) is 48.4 Å². The lowest BCUT2D eigenvalue weighted by atomic mass is 9.86. The largest absolute Gasteiger partial charge is 0.497 e. The zero-order chi connectivity index (χ0) is 16.7. The van der Waals surface area contributed by atoms with Gasteiger partial charge in [-0.15, -0.1) is 0 Å². The minimum atomic E-state index is 0.0492. The van der Waals surface area contributed by atoms with Gasteiger partial charge in [0.15, 0.2) is 5.96 Å². The summed E-state index contributed by atoms with van der Waals surface area (Å²) in [5.41, 5.74) is 8.24. The Morgan fingerprint density at radius 3 is 2.35 bits per heavy atom. The summed E-state index contributed by atoms with van der Waals surface area (Å²) in [5.74, 6) is 1.24. The molecule has 0 atom stereocenters. The number of ether oxygens (including phenoxy) is 1. The highest BCUT2D eigenvalue weighted by molar-refractivity contribution is 5.92. The fourth-order valence-corrected chi connectivity index (χ4v) is 2.37. The molecule has 0 saturated heterocycles. The molecule has 0 aliphatic heterocycles. The summed E-state index contributed by atoms with van der Waals surface area (Å²) >= 11 is 0. The molecule has 23 heavy (non-hydrogen) atoms. The maximum Gasteiger partial charge on any atom is 0.193 e. The molecule has 4 nitrogen and oxygen atoms in total. The van der Waals surface area contributed by atoms with Crippen LogP contribution in [-0.2, 0) is 6.42 Å². The summed E-state index contributed by atoms with van der Waals surface area (Å²) in [7, 11) is 1.65. The number of rotatable bonds is 6. The lowest BCUT2D eigenvalue weighted by molar-refractivity contribution is 0.378. The van der Waals surface area contributed by atoms with Gasteiger partial charge in [-0.25, -0.2) is 0 Å². The third-order valence-electron chi connectivity index (χ3n) is 3.57. The van der Waals surface area contributed by atoms with Gasteiger partial charge in [-0.05, 0) is 41.7 Å². The molecule has 0 aromatic heterocycles. The van der Waals surface area contributed by atoms with Crippen LogP contribution in [0.4, 0.5) is 5.69 Å². The quantitative estimate of drug-likeness (QED) is 0.632. The Morgan fingerprint density at radius 2 is 1.74 bits per heavy atom. The second-order valence-electron chi connectivity index (χ2n) is 6.38. The van der Waals surface area contributed by atoms with Gasteiger partial charge >= 0.3 is 0 Å². The second kappa shape index (κ2) is 7.68. The fourth-order valence-electron chi connectivity index (χ4n) is 2.37. The number of hydrogen-bond donors (Lipinski definition) is 2. The fraction of sp³-hybridized carbons (Fsp3) is 0.316. The summed E-state index contributed by atoms with van der Waals surface area (Å²) in [5, 5.41) is 3.10. The van der Waals surface area contributed by atoms with Crippen molar-refractivity contribution in [1.29, 1.82) is 0 Å². The SMILES string of the molecule is COc1ccc(NC(N)=NCC(C)(C)Cc2ccccc2)cc1. The first-order chi connectivity index (χ1) is 11.0. The molecule has 0 spiro atoms.